The van der Waals surface area contributed by atoms with Crippen molar-refractivity contribution in [2.45, 2.75) is 12.5 Å². The van der Waals surface area contributed by atoms with Crippen LogP contribution in [0.2, 0.25) is 4.34 Å². The van der Waals surface area contributed by atoms with Gasteiger partial charge in [-0.1, -0.05) is 11.6 Å². The highest BCUT2D eigenvalue weighted by Gasteiger charge is 2.18. The summed E-state index contributed by atoms with van der Waals surface area (Å²) in [6.45, 7) is 0.840. The van der Waals surface area contributed by atoms with E-state index in [9.17, 15) is 0 Å². The molecule has 0 aromatic carbocycles. The largest absolute Gasteiger partial charge is 0.467 e. The van der Waals surface area contributed by atoms with Gasteiger partial charge in [0.2, 0.25) is 0 Å². The molecule has 0 saturated carbocycles. The zero-order valence-corrected chi connectivity index (χ0v) is 13.2. The molecule has 0 fully saturated rings. The Hall–Kier alpha value is -1.56. The van der Waals surface area contributed by atoms with Crippen LogP contribution >= 0.6 is 22.9 Å². The third-order valence-corrected chi connectivity index (χ3v) is 4.52. The number of furan rings is 1. The zero-order chi connectivity index (χ0) is 14.7. The van der Waals surface area contributed by atoms with Crippen LogP contribution in [0.15, 0.2) is 47.3 Å². The molecule has 0 aliphatic carbocycles. The Morgan fingerprint density at radius 1 is 1.43 bits per heavy atom. The number of halogens is 1. The highest BCUT2D eigenvalue weighted by Crippen LogP contribution is 2.31. The number of hydrogen-bond acceptors (Lipinski definition) is 4. The van der Waals surface area contributed by atoms with Crippen molar-refractivity contribution in [3.05, 3.63) is 63.5 Å². The van der Waals surface area contributed by atoms with E-state index in [4.69, 9.17) is 16.0 Å². The second-order valence-electron chi connectivity index (χ2n) is 4.82. The van der Waals surface area contributed by atoms with Crippen LogP contribution in [0.1, 0.15) is 22.2 Å². The number of aryl methyl sites for hydroxylation is 1. The molecular weight excluding hydrogens is 306 g/mol. The topological polar surface area (TPSA) is 43.0 Å². The van der Waals surface area contributed by atoms with Crippen LogP contribution < -0.4 is 5.32 Å². The number of aromatic nitrogens is 2. The standard InChI is InChI=1S/C15H16ClN3OS/c1-19-10-11(9-18-19)6-7-17-15(12-3-2-8-20-12)13-4-5-14(16)21-13/h2-5,8-10,15,17H,6-7H2,1H3. The van der Waals surface area contributed by atoms with Crippen LogP contribution in [0, 0.1) is 0 Å². The first-order chi connectivity index (χ1) is 10.2. The fraction of sp³-hybridized carbons (Fsp3) is 0.267. The predicted molar refractivity (Wildman–Crippen MR) is 84.8 cm³/mol. The van der Waals surface area contributed by atoms with Gasteiger partial charge in [-0.05, 0) is 36.2 Å². The minimum absolute atomic E-state index is 0.0363. The second kappa shape index (κ2) is 6.47. The van der Waals surface area contributed by atoms with Gasteiger partial charge in [-0.2, -0.15) is 5.10 Å². The molecule has 110 valence electrons. The summed E-state index contributed by atoms with van der Waals surface area (Å²) in [5, 5.41) is 7.71. The molecule has 0 aliphatic rings. The maximum absolute atomic E-state index is 6.05. The molecule has 0 amide bonds. The van der Waals surface area contributed by atoms with Crippen molar-refractivity contribution in [3.8, 4) is 0 Å². The van der Waals surface area contributed by atoms with Gasteiger partial charge in [-0.15, -0.1) is 11.3 Å². The molecule has 21 heavy (non-hydrogen) atoms. The Kier molecular flexibility index (Phi) is 4.43. The van der Waals surface area contributed by atoms with E-state index < -0.39 is 0 Å². The van der Waals surface area contributed by atoms with Crippen LogP contribution in [0.3, 0.4) is 0 Å². The van der Waals surface area contributed by atoms with Gasteiger partial charge in [0.25, 0.3) is 0 Å². The fourth-order valence-corrected chi connectivity index (χ4v) is 3.39. The minimum Gasteiger partial charge on any atom is -0.467 e. The molecule has 0 radical (unpaired) electrons. The van der Waals surface area contributed by atoms with Gasteiger partial charge in [-0.3, -0.25) is 4.68 Å². The first-order valence-corrected chi connectivity index (χ1v) is 7.91. The molecule has 1 N–H and O–H groups in total. The molecule has 6 heteroatoms. The molecule has 3 aromatic rings. The van der Waals surface area contributed by atoms with Crippen molar-refractivity contribution >= 4 is 22.9 Å². The summed E-state index contributed by atoms with van der Waals surface area (Å²) in [6.07, 6.45) is 6.54. The maximum Gasteiger partial charge on any atom is 0.126 e. The van der Waals surface area contributed by atoms with E-state index in [1.165, 1.54) is 5.56 Å². The molecule has 0 aliphatic heterocycles. The molecular formula is C15H16ClN3OS. The van der Waals surface area contributed by atoms with E-state index in [-0.39, 0.29) is 6.04 Å². The van der Waals surface area contributed by atoms with E-state index in [1.54, 1.807) is 17.6 Å². The van der Waals surface area contributed by atoms with Crippen molar-refractivity contribution in [3.63, 3.8) is 0 Å². The summed E-state index contributed by atoms with van der Waals surface area (Å²) in [5.74, 6) is 0.903. The van der Waals surface area contributed by atoms with Gasteiger partial charge >= 0.3 is 0 Å². The minimum atomic E-state index is 0.0363. The van der Waals surface area contributed by atoms with Gasteiger partial charge < -0.3 is 9.73 Å². The second-order valence-corrected chi connectivity index (χ2v) is 6.56. The predicted octanol–water partition coefficient (Wildman–Crippen LogP) is 3.65. The van der Waals surface area contributed by atoms with E-state index in [0.29, 0.717) is 0 Å². The summed E-state index contributed by atoms with van der Waals surface area (Å²) in [4.78, 5) is 1.15. The number of rotatable bonds is 6. The number of nitrogens with one attached hydrogen (secondary N) is 1. The van der Waals surface area contributed by atoms with Crippen LogP contribution in [0.4, 0.5) is 0 Å². The van der Waals surface area contributed by atoms with Crippen LogP contribution in [0.25, 0.3) is 0 Å². The van der Waals surface area contributed by atoms with Crippen LogP contribution in [-0.2, 0) is 13.5 Å². The lowest BCUT2D eigenvalue weighted by molar-refractivity contribution is 0.451. The Labute approximate surface area is 132 Å². The third kappa shape index (κ3) is 3.56. The highest BCUT2D eigenvalue weighted by molar-refractivity contribution is 7.16. The quantitative estimate of drug-likeness (QED) is 0.753. The summed E-state index contributed by atoms with van der Waals surface area (Å²) in [5.41, 5.74) is 1.22. The molecule has 3 aromatic heterocycles. The summed E-state index contributed by atoms with van der Waals surface area (Å²) in [7, 11) is 1.93. The Morgan fingerprint density at radius 3 is 2.95 bits per heavy atom. The molecule has 0 bridgehead atoms. The molecule has 1 unspecified atom stereocenters. The SMILES string of the molecule is Cn1cc(CCNC(c2ccco2)c2ccc(Cl)s2)cn1. The summed E-state index contributed by atoms with van der Waals surface area (Å²) < 4.78 is 8.16. The first-order valence-electron chi connectivity index (χ1n) is 6.72. The van der Waals surface area contributed by atoms with Crippen molar-refractivity contribution in [1.29, 1.82) is 0 Å². The van der Waals surface area contributed by atoms with Gasteiger partial charge in [0.15, 0.2) is 0 Å². The lowest BCUT2D eigenvalue weighted by atomic mass is 10.1. The van der Waals surface area contributed by atoms with Crippen molar-refractivity contribution in [1.82, 2.24) is 15.1 Å². The molecule has 3 rings (SSSR count). The number of hydrogen-bond donors (Lipinski definition) is 1. The van der Waals surface area contributed by atoms with Crippen LogP contribution in [-0.4, -0.2) is 16.3 Å². The molecule has 0 spiro atoms. The summed E-state index contributed by atoms with van der Waals surface area (Å²) >= 11 is 7.62. The number of nitrogens with zero attached hydrogens (tertiary/aromatic N) is 2. The molecule has 1 atom stereocenters. The molecule has 4 nitrogen and oxygen atoms in total. The van der Waals surface area contributed by atoms with E-state index in [1.807, 2.05) is 48.4 Å². The average molecular weight is 322 g/mol. The Bertz CT molecular complexity index is 689. The zero-order valence-electron chi connectivity index (χ0n) is 11.6. The van der Waals surface area contributed by atoms with E-state index >= 15 is 0 Å². The highest BCUT2D eigenvalue weighted by atomic mass is 35.5. The van der Waals surface area contributed by atoms with Crippen LogP contribution in [0.5, 0.6) is 0 Å². The number of thiophene rings is 1. The lowest BCUT2D eigenvalue weighted by Gasteiger charge is -2.14. The monoisotopic (exact) mass is 321 g/mol. The lowest BCUT2D eigenvalue weighted by Crippen LogP contribution is -2.23. The van der Waals surface area contributed by atoms with Gasteiger partial charge in [0.1, 0.15) is 11.8 Å². The smallest absolute Gasteiger partial charge is 0.126 e. The van der Waals surface area contributed by atoms with E-state index in [2.05, 4.69) is 10.4 Å². The first kappa shape index (κ1) is 14.4. The van der Waals surface area contributed by atoms with Gasteiger partial charge in [-0.25, -0.2) is 0 Å². The molecule has 3 heterocycles. The Balaban J connectivity index is 1.68. The normalized spacial score (nSPS) is 12.7. The Morgan fingerprint density at radius 2 is 2.33 bits per heavy atom. The van der Waals surface area contributed by atoms with Gasteiger partial charge in [0, 0.05) is 24.7 Å². The third-order valence-electron chi connectivity index (χ3n) is 3.23. The summed E-state index contributed by atoms with van der Waals surface area (Å²) in [6, 6.07) is 7.88. The van der Waals surface area contributed by atoms with Crippen molar-refractivity contribution < 1.29 is 4.42 Å². The maximum atomic E-state index is 6.05. The van der Waals surface area contributed by atoms with E-state index in [0.717, 1.165) is 27.9 Å². The molecule has 0 saturated heterocycles. The van der Waals surface area contributed by atoms with Gasteiger partial charge in [0.05, 0.1) is 16.8 Å². The van der Waals surface area contributed by atoms with Crippen molar-refractivity contribution in [2.75, 3.05) is 6.54 Å². The van der Waals surface area contributed by atoms with Crippen molar-refractivity contribution in [2.24, 2.45) is 7.05 Å². The average Bonchev–Trinajstić information content (AvgIpc) is 3.17. The fourth-order valence-electron chi connectivity index (χ4n) is 2.24.